The van der Waals surface area contributed by atoms with Crippen LogP contribution < -0.4 is 0 Å². The molecule has 0 aliphatic heterocycles. The van der Waals surface area contributed by atoms with E-state index in [0.29, 0.717) is 6.42 Å². The lowest BCUT2D eigenvalue weighted by Gasteiger charge is -2.01. The van der Waals surface area contributed by atoms with Crippen LogP contribution in [0.15, 0.2) is 36.4 Å². The summed E-state index contributed by atoms with van der Waals surface area (Å²) < 4.78 is 0. The van der Waals surface area contributed by atoms with E-state index in [2.05, 4.69) is 6.92 Å². The molecular weight excluding hydrogens is 284 g/mol. The zero-order valence-corrected chi connectivity index (χ0v) is 14.4. The first-order valence-corrected chi connectivity index (χ1v) is 9.04. The van der Waals surface area contributed by atoms with Gasteiger partial charge in [0.05, 0.1) is 0 Å². The second-order valence-electron chi connectivity index (χ2n) is 6.11. The molecule has 1 aromatic rings. The Kier molecular flexibility index (Phi) is 10.8. The highest BCUT2D eigenvalue weighted by molar-refractivity contribution is 6.42. The fraction of sp³-hybridized carbons (Fsp3) is 0.524. The minimum atomic E-state index is -0.381. The summed E-state index contributed by atoms with van der Waals surface area (Å²) >= 11 is 0. The van der Waals surface area contributed by atoms with Gasteiger partial charge in [-0.2, -0.15) is 0 Å². The number of rotatable bonds is 13. The molecule has 0 heterocycles. The molecule has 0 saturated heterocycles. The van der Waals surface area contributed by atoms with Crippen molar-refractivity contribution < 1.29 is 9.59 Å². The first kappa shape index (κ1) is 19.3. The van der Waals surface area contributed by atoms with E-state index in [9.17, 15) is 9.59 Å². The standard InChI is InChI=1S/C21H30O2/c1-2-3-4-5-6-7-8-9-13-16-20(22)21(23)18-17-19-14-11-10-12-15-19/h10-12,14-15,17-18H,2-9,13,16H2,1H3/b18-17+. The smallest absolute Gasteiger partial charge is 0.221 e. The highest BCUT2D eigenvalue weighted by atomic mass is 16.2. The summed E-state index contributed by atoms with van der Waals surface area (Å²) in [6.07, 6.45) is 14.4. The largest absolute Gasteiger partial charge is 0.291 e. The summed E-state index contributed by atoms with van der Waals surface area (Å²) in [5, 5.41) is 0. The van der Waals surface area contributed by atoms with Gasteiger partial charge in [-0.15, -0.1) is 0 Å². The first-order valence-electron chi connectivity index (χ1n) is 9.04. The van der Waals surface area contributed by atoms with Crippen LogP contribution in [0.5, 0.6) is 0 Å². The van der Waals surface area contributed by atoms with E-state index in [1.807, 2.05) is 30.3 Å². The van der Waals surface area contributed by atoms with Crippen LogP contribution in [0, 0.1) is 0 Å². The van der Waals surface area contributed by atoms with E-state index in [-0.39, 0.29) is 11.6 Å². The van der Waals surface area contributed by atoms with E-state index in [4.69, 9.17) is 0 Å². The fourth-order valence-electron chi connectivity index (χ4n) is 2.55. The second-order valence-corrected chi connectivity index (χ2v) is 6.11. The van der Waals surface area contributed by atoms with E-state index < -0.39 is 0 Å². The van der Waals surface area contributed by atoms with Crippen molar-refractivity contribution in [1.82, 2.24) is 0 Å². The van der Waals surface area contributed by atoms with E-state index in [1.165, 1.54) is 51.0 Å². The maximum Gasteiger partial charge on any atom is 0.221 e. The molecular formula is C21H30O2. The van der Waals surface area contributed by atoms with Gasteiger partial charge >= 0.3 is 0 Å². The van der Waals surface area contributed by atoms with Crippen LogP contribution in [0.3, 0.4) is 0 Å². The van der Waals surface area contributed by atoms with E-state index in [0.717, 1.165) is 18.4 Å². The molecule has 0 N–H and O–H groups in total. The van der Waals surface area contributed by atoms with Crippen molar-refractivity contribution in [3.63, 3.8) is 0 Å². The zero-order valence-electron chi connectivity index (χ0n) is 14.4. The Labute approximate surface area is 141 Å². The molecule has 1 aromatic carbocycles. The molecule has 0 unspecified atom stereocenters. The molecule has 0 fully saturated rings. The topological polar surface area (TPSA) is 34.1 Å². The summed E-state index contributed by atoms with van der Waals surface area (Å²) in [5.74, 6) is -0.645. The molecule has 0 atom stereocenters. The van der Waals surface area contributed by atoms with Crippen molar-refractivity contribution >= 4 is 17.6 Å². The number of allylic oxidation sites excluding steroid dienone is 1. The minimum Gasteiger partial charge on any atom is -0.291 e. The van der Waals surface area contributed by atoms with Crippen LogP contribution in [-0.2, 0) is 9.59 Å². The van der Waals surface area contributed by atoms with Crippen molar-refractivity contribution in [1.29, 1.82) is 0 Å². The lowest BCUT2D eigenvalue weighted by Crippen LogP contribution is -2.10. The highest BCUT2D eigenvalue weighted by Crippen LogP contribution is 2.11. The van der Waals surface area contributed by atoms with E-state index in [1.54, 1.807) is 6.08 Å². The molecule has 0 spiro atoms. The molecule has 126 valence electrons. The summed E-state index contributed by atoms with van der Waals surface area (Å²) in [7, 11) is 0. The molecule has 0 aliphatic rings. The number of Topliss-reactive ketones (excluding diaryl/α,β-unsaturated/α-hetero) is 1. The van der Waals surface area contributed by atoms with Gasteiger partial charge in [-0.1, -0.05) is 94.7 Å². The predicted octanol–water partition coefficient (Wildman–Crippen LogP) is 5.76. The Hall–Kier alpha value is -1.70. The molecule has 2 nitrogen and oxygen atoms in total. The van der Waals surface area contributed by atoms with Crippen LogP contribution in [0.4, 0.5) is 0 Å². The predicted molar refractivity (Wildman–Crippen MR) is 97.3 cm³/mol. The molecule has 0 aliphatic carbocycles. The van der Waals surface area contributed by atoms with Gasteiger partial charge in [0.15, 0.2) is 0 Å². The number of carbonyl (C=O) groups excluding carboxylic acids is 2. The maximum atomic E-state index is 11.8. The molecule has 2 heteroatoms. The summed E-state index contributed by atoms with van der Waals surface area (Å²) in [4.78, 5) is 23.5. The number of unbranched alkanes of at least 4 members (excludes halogenated alkanes) is 8. The summed E-state index contributed by atoms with van der Waals surface area (Å²) in [5.41, 5.74) is 0.941. The second kappa shape index (κ2) is 12.8. The Morgan fingerprint density at radius 2 is 1.39 bits per heavy atom. The van der Waals surface area contributed by atoms with Crippen LogP contribution in [0.2, 0.25) is 0 Å². The fourth-order valence-corrected chi connectivity index (χ4v) is 2.55. The first-order chi connectivity index (χ1) is 11.2. The average molecular weight is 314 g/mol. The third-order valence-electron chi connectivity index (χ3n) is 4.01. The molecule has 0 bridgehead atoms. The van der Waals surface area contributed by atoms with Crippen LogP contribution in [-0.4, -0.2) is 11.6 Å². The van der Waals surface area contributed by atoms with E-state index >= 15 is 0 Å². The molecule has 0 aromatic heterocycles. The normalized spacial score (nSPS) is 11.0. The van der Waals surface area contributed by atoms with Gasteiger partial charge < -0.3 is 0 Å². The number of hydrogen-bond donors (Lipinski definition) is 0. The Morgan fingerprint density at radius 3 is 2.00 bits per heavy atom. The third kappa shape index (κ3) is 9.83. The van der Waals surface area contributed by atoms with Crippen molar-refractivity contribution in [3.05, 3.63) is 42.0 Å². The molecule has 0 saturated carbocycles. The molecule has 1 rings (SSSR count). The van der Waals surface area contributed by atoms with Gasteiger partial charge in [-0.05, 0) is 18.1 Å². The van der Waals surface area contributed by atoms with Gasteiger partial charge in [0.25, 0.3) is 0 Å². The lowest BCUT2D eigenvalue weighted by molar-refractivity contribution is -0.133. The number of hydrogen-bond acceptors (Lipinski definition) is 2. The Bertz CT molecular complexity index is 474. The SMILES string of the molecule is CCCCCCCCCCCC(=O)C(=O)/C=C/c1ccccc1. The van der Waals surface area contributed by atoms with Gasteiger partial charge in [0, 0.05) is 6.42 Å². The van der Waals surface area contributed by atoms with Crippen molar-refractivity contribution in [3.8, 4) is 0 Å². The Balaban J connectivity index is 2.07. The van der Waals surface area contributed by atoms with Gasteiger partial charge in [0.1, 0.15) is 0 Å². The third-order valence-corrected chi connectivity index (χ3v) is 4.01. The molecule has 23 heavy (non-hydrogen) atoms. The molecule has 0 amide bonds. The number of carbonyl (C=O) groups is 2. The van der Waals surface area contributed by atoms with Gasteiger partial charge in [0.2, 0.25) is 11.6 Å². The summed E-state index contributed by atoms with van der Waals surface area (Å²) in [6.45, 7) is 2.23. The van der Waals surface area contributed by atoms with Gasteiger partial charge in [-0.25, -0.2) is 0 Å². The highest BCUT2D eigenvalue weighted by Gasteiger charge is 2.09. The average Bonchev–Trinajstić information content (AvgIpc) is 2.59. The quantitative estimate of drug-likeness (QED) is 0.263. The maximum absolute atomic E-state index is 11.8. The van der Waals surface area contributed by atoms with Crippen molar-refractivity contribution in [2.24, 2.45) is 0 Å². The summed E-state index contributed by atoms with van der Waals surface area (Å²) in [6, 6.07) is 9.57. The van der Waals surface area contributed by atoms with Crippen molar-refractivity contribution in [2.75, 3.05) is 0 Å². The minimum absolute atomic E-state index is 0.264. The van der Waals surface area contributed by atoms with Crippen LogP contribution in [0.1, 0.15) is 76.7 Å². The lowest BCUT2D eigenvalue weighted by atomic mass is 10.0. The van der Waals surface area contributed by atoms with Crippen LogP contribution in [0.25, 0.3) is 6.08 Å². The Morgan fingerprint density at radius 1 is 0.826 bits per heavy atom. The van der Waals surface area contributed by atoms with Gasteiger partial charge in [-0.3, -0.25) is 9.59 Å². The van der Waals surface area contributed by atoms with Crippen LogP contribution >= 0.6 is 0 Å². The monoisotopic (exact) mass is 314 g/mol. The molecule has 0 radical (unpaired) electrons. The number of ketones is 2. The number of benzene rings is 1. The van der Waals surface area contributed by atoms with Crippen molar-refractivity contribution in [2.45, 2.75) is 71.1 Å². The zero-order chi connectivity index (χ0) is 16.8.